The second-order valence-corrected chi connectivity index (χ2v) is 5.54. The van der Waals surface area contributed by atoms with E-state index in [1.54, 1.807) is 12.1 Å². The van der Waals surface area contributed by atoms with E-state index in [-0.39, 0.29) is 34.2 Å². The number of carbonyl (C=O) groups is 2. The molecular formula is C15H18ClNO4. The van der Waals surface area contributed by atoms with Gasteiger partial charge in [-0.25, -0.2) is 4.79 Å². The van der Waals surface area contributed by atoms with Crippen LogP contribution in [0.4, 0.5) is 5.69 Å². The molecule has 1 fully saturated rings. The lowest BCUT2D eigenvalue weighted by molar-refractivity contribution is -0.119. The van der Waals surface area contributed by atoms with E-state index >= 15 is 0 Å². The number of ether oxygens (including phenoxy) is 1. The van der Waals surface area contributed by atoms with Crippen LogP contribution in [0, 0.1) is 5.92 Å². The lowest BCUT2D eigenvalue weighted by Crippen LogP contribution is -2.34. The summed E-state index contributed by atoms with van der Waals surface area (Å²) in [7, 11) is 0. The summed E-state index contributed by atoms with van der Waals surface area (Å²) in [6.45, 7) is 2.63. The molecule has 0 heterocycles. The fourth-order valence-corrected chi connectivity index (χ4v) is 2.72. The zero-order valence-corrected chi connectivity index (χ0v) is 12.5. The van der Waals surface area contributed by atoms with Gasteiger partial charge in [-0.15, -0.1) is 0 Å². The minimum absolute atomic E-state index is 0.00310. The zero-order valence-electron chi connectivity index (χ0n) is 11.8. The molecule has 0 saturated heterocycles. The van der Waals surface area contributed by atoms with E-state index in [2.05, 4.69) is 5.32 Å². The number of benzene rings is 1. The summed E-state index contributed by atoms with van der Waals surface area (Å²) < 4.78 is 5.45. The molecule has 0 atom stereocenters. The largest absolute Gasteiger partial charge is 0.478 e. The SMILES string of the molecule is CCOC1CC(CC(=O)Nc2c(Cl)cccc2C(=O)O)C1. The molecule has 0 bridgehead atoms. The molecule has 0 aromatic heterocycles. The molecular weight excluding hydrogens is 294 g/mol. The number of halogens is 1. The monoisotopic (exact) mass is 311 g/mol. The van der Waals surface area contributed by atoms with Crippen LogP contribution >= 0.6 is 11.6 Å². The number of carboxylic acids is 1. The van der Waals surface area contributed by atoms with Gasteiger partial charge in [-0.05, 0) is 37.8 Å². The van der Waals surface area contributed by atoms with Gasteiger partial charge in [-0.1, -0.05) is 17.7 Å². The van der Waals surface area contributed by atoms with Gasteiger partial charge in [0.05, 0.1) is 22.4 Å². The number of para-hydroxylation sites is 1. The van der Waals surface area contributed by atoms with Gasteiger partial charge in [0, 0.05) is 13.0 Å². The molecule has 2 rings (SSSR count). The molecule has 0 spiro atoms. The Bertz CT molecular complexity index is 540. The number of nitrogens with one attached hydrogen (secondary N) is 1. The molecule has 2 N–H and O–H groups in total. The highest BCUT2D eigenvalue weighted by Crippen LogP contribution is 2.33. The minimum Gasteiger partial charge on any atom is -0.478 e. The van der Waals surface area contributed by atoms with E-state index in [0.717, 1.165) is 12.8 Å². The van der Waals surface area contributed by atoms with Gasteiger partial charge < -0.3 is 15.2 Å². The normalized spacial score (nSPS) is 20.7. The zero-order chi connectivity index (χ0) is 15.4. The highest BCUT2D eigenvalue weighted by Gasteiger charge is 2.31. The Morgan fingerprint density at radius 3 is 2.76 bits per heavy atom. The molecule has 1 aliphatic rings. The fourth-order valence-electron chi connectivity index (χ4n) is 2.50. The Balaban J connectivity index is 1.93. The van der Waals surface area contributed by atoms with Crippen molar-refractivity contribution in [3.8, 4) is 0 Å². The summed E-state index contributed by atoms with van der Waals surface area (Å²) in [6.07, 6.45) is 2.35. The standard InChI is InChI=1S/C15H18ClNO4/c1-2-21-10-6-9(7-10)8-13(18)17-14-11(15(19)20)4-3-5-12(14)16/h3-5,9-10H,2,6-8H2,1H3,(H,17,18)(H,19,20). The summed E-state index contributed by atoms with van der Waals surface area (Å²) >= 11 is 5.97. The molecule has 1 aliphatic carbocycles. The Hall–Kier alpha value is -1.59. The lowest BCUT2D eigenvalue weighted by atomic mass is 9.80. The summed E-state index contributed by atoms with van der Waals surface area (Å²) in [6, 6.07) is 4.51. The van der Waals surface area contributed by atoms with E-state index in [9.17, 15) is 9.59 Å². The quantitative estimate of drug-likeness (QED) is 0.846. The average Bonchev–Trinajstić information content (AvgIpc) is 2.38. The van der Waals surface area contributed by atoms with E-state index in [0.29, 0.717) is 13.0 Å². The van der Waals surface area contributed by atoms with Crippen LogP contribution in [-0.4, -0.2) is 29.7 Å². The minimum atomic E-state index is -1.12. The van der Waals surface area contributed by atoms with Crippen LogP contribution in [0.1, 0.15) is 36.5 Å². The molecule has 0 unspecified atom stereocenters. The second-order valence-electron chi connectivity index (χ2n) is 5.13. The molecule has 5 nitrogen and oxygen atoms in total. The number of aromatic carboxylic acids is 1. The number of rotatable bonds is 6. The van der Waals surface area contributed by atoms with Crippen molar-refractivity contribution in [2.45, 2.75) is 32.3 Å². The van der Waals surface area contributed by atoms with Crippen molar-refractivity contribution in [3.63, 3.8) is 0 Å². The van der Waals surface area contributed by atoms with Gasteiger partial charge in [-0.3, -0.25) is 4.79 Å². The van der Waals surface area contributed by atoms with E-state index < -0.39 is 5.97 Å². The van der Waals surface area contributed by atoms with Crippen molar-refractivity contribution < 1.29 is 19.4 Å². The van der Waals surface area contributed by atoms with Crippen molar-refractivity contribution >= 4 is 29.2 Å². The fraction of sp³-hybridized carbons (Fsp3) is 0.467. The van der Waals surface area contributed by atoms with Crippen LogP contribution in [0.2, 0.25) is 5.02 Å². The molecule has 1 amide bonds. The topological polar surface area (TPSA) is 75.6 Å². The number of hydrogen-bond acceptors (Lipinski definition) is 3. The van der Waals surface area contributed by atoms with Gasteiger partial charge >= 0.3 is 5.97 Å². The molecule has 6 heteroatoms. The molecule has 1 saturated carbocycles. The predicted molar refractivity (Wildman–Crippen MR) is 79.8 cm³/mol. The predicted octanol–water partition coefficient (Wildman–Crippen LogP) is 3.18. The van der Waals surface area contributed by atoms with Crippen molar-refractivity contribution in [2.75, 3.05) is 11.9 Å². The first kappa shape index (κ1) is 15.8. The van der Waals surface area contributed by atoms with Crippen LogP contribution in [-0.2, 0) is 9.53 Å². The maximum Gasteiger partial charge on any atom is 0.337 e. The van der Waals surface area contributed by atoms with Gasteiger partial charge in [-0.2, -0.15) is 0 Å². The first-order valence-corrected chi connectivity index (χ1v) is 7.32. The third-order valence-electron chi connectivity index (χ3n) is 3.58. The third kappa shape index (κ3) is 3.95. The number of hydrogen-bond donors (Lipinski definition) is 2. The van der Waals surface area contributed by atoms with Crippen molar-refractivity contribution in [1.29, 1.82) is 0 Å². The van der Waals surface area contributed by atoms with Gasteiger partial charge in [0.15, 0.2) is 0 Å². The average molecular weight is 312 g/mol. The van der Waals surface area contributed by atoms with Crippen LogP contribution in [0.15, 0.2) is 18.2 Å². The summed E-state index contributed by atoms with van der Waals surface area (Å²) in [5.74, 6) is -1.05. The highest BCUT2D eigenvalue weighted by atomic mass is 35.5. The van der Waals surface area contributed by atoms with Crippen LogP contribution in [0.3, 0.4) is 0 Å². The maximum atomic E-state index is 12.0. The van der Waals surface area contributed by atoms with Crippen molar-refractivity contribution in [2.24, 2.45) is 5.92 Å². The van der Waals surface area contributed by atoms with Crippen LogP contribution < -0.4 is 5.32 Å². The summed E-state index contributed by atoms with van der Waals surface area (Å²) in [5, 5.41) is 11.9. The van der Waals surface area contributed by atoms with Crippen molar-refractivity contribution in [3.05, 3.63) is 28.8 Å². The first-order chi connectivity index (χ1) is 10.0. The lowest BCUT2D eigenvalue weighted by Gasteiger charge is -2.34. The number of carboxylic acid groups (broad SMARTS) is 1. The first-order valence-electron chi connectivity index (χ1n) is 6.94. The Labute approximate surface area is 128 Å². The Morgan fingerprint density at radius 2 is 2.14 bits per heavy atom. The van der Waals surface area contributed by atoms with Gasteiger partial charge in [0.25, 0.3) is 0 Å². The highest BCUT2D eigenvalue weighted by molar-refractivity contribution is 6.34. The van der Waals surface area contributed by atoms with Gasteiger partial charge in [0.2, 0.25) is 5.91 Å². The molecule has 1 aromatic carbocycles. The number of carbonyl (C=O) groups excluding carboxylic acids is 1. The van der Waals surface area contributed by atoms with Gasteiger partial charge in [0.1, 0.15) is 0 Å². The second kappa shape index (κ2) is 6.91. The van der Waals surface area contributed by atoms with E-state index in [4.69, 9.17) is 21.4 Å². The molecule has 21 heavy (non-hydrogen) atoms. The Kier molecular flexibility index (Phi) is 5.20. The summed E-state index contributed by atoms with van der Waals surface area (Å²) in [4.78, 5) is 23.1. The number of amides is 1. The molecule has 1 aromatic rings. The third-order valence-corrected chi connectivity index (χ3v) is 3.89. The number of anilines is 1. The molecule has 114 valence electrons. The molecule has 0 radical (unpaired) electrons. The smallest absolute Gasteiger partial charge is 0.337 e. The molecule has 0 aliphatic heterocycles. The van der Waals surface area contributed by atoms with Crippen LogP contribution in [0.25, 0.3) is 0 Å². The van der Waals surface area contributed by atoms with E-state index in [1.807, 2.05) is 6.92 Å². The Morgan fingerprint density at radius 1 is 1.43 bits per heavy atom. The van der Waals surface area contributed by atoms with Crippen molar-refractivity contribution in [1.82, 2.24) is 0 Å². The van der Waals surface area contributed by atoms with E-state index in [1.165, 1.54) is 6.07 Å². The van der Waals surface area contributed by atoms with Crippen LogP contribution in [0.5, 0.6) is 0 Å². The maximum absolute atomic E-state index is 12.0. The summed E-state index contributed by atoms with van der Waals surface area (Å²) in [5.41, 5.74) is 0.161.